The van der Waals surface area contributed by atoms with Gasteiger partial charge in [-0.15, -0.1) is 0 Å². The van der Waals surface area contributed by atoms with Crippen molar-refractivity contribution in [1.29, 1.82) is 5.26 Å². The van der Waals surface area contributed by atoms with Gasteiger partial charge in [0.05, 0.1) is 22.0 Å². The number of halogens is 1. The number of hydrogen-bond acceptors (Lipinski definition) is 10. The molecule has 1 atom stereocenters. The number of anilines is 3. The van der Waals surface area contributed by atoms with Gasteiger partial charge in [-0.2, -0.15) is 15.2 Å². The van der Waals surface area contributed by atoms with Gasteiger partial charge in [-0.1, -0.05) is 17.7 Å². The smallest absolute Gasteiger partial charge is 0.410 e. The second kappa shape index (κ2) is 10.3. The average molecular weight is 540 g/mol. The zero-order valence-corrected chi connectivity index (χ0v) is 22.4. The van der Waals surface area contributed by atoms with Crippen molar-refractivity contribution in [1.82, 2.24) is 24.4 Å². The van der Waals surface area contributed by atoms with E-state index in [4.69, 9.17) is 32.8 Å². The molecule has 1 unspecified atom stereocenters. The van der Waals surface area contributed by atoms with Crippen LogP contribution in [0.25, 0.3) is 10.9 Å². The van der Waals surface area contributed by atoms with Gasteiger partial charge in [0.1, 0.15) is 28.9 Å². The molecule has 5 N–H and O–H groups in total. The third-order valence-corrected chi connectivity index (χ3v) is 6.51. The lowest BCUT2D eigenvalue weighted by Crippen LogP contribution is -2.44. The largest absolute Gasteiger partial charge is 0.444 e. The number of nitrogens with one attached hydrogen (secondary N) is 1. The van der Waals surface area contributed by atoms with E-state index in [9.17, 15) is 14.9 Å². The highest BCUT2D eigenvalue weighted by Gasteiger charge is 2.31. The molecule has 2 aromatic heterocycles. The van der Waals surface area contributed by atoms with Gasteiger partial charge in [0.25, 0.3) is 5.56 Å². The number of nitriles is 1. The first-order valence-electron chi connectivity index (χ1n) is 12.2. The number of likely N-dealkylation sites (tertiary alicyclic amines) is 1. The van der Waals surface area contributed by atoms with Crippen LogP contribution in [0.4, 0.5) is 22.4 Å². The summed E-state index contributed by atoms with van der Waals surface area (Å²) in [6.45, 7) is 8.06. The zero-order valence-electron chi connectivity index (χ0n) is 21.7. The summed E-state index contributed by atoms with van der Waals surface area (Å²) >= 11 is 6.42. The second-order valence-electron chi connectivity index (χ2n) is 10.1. The molecule has 1 aliphatic rings. The van der Waals surface area contributed by atoms with Crippen LogP contribution in [0.15, 0.2) is 23.0 Å². The van der Waals surface area contributed by atoms with E-state index in [1.54, 1.807) is 34.6 Å². The Kier molecular flexibility index (Phi) is 7.33. The summed E-state index contributed by atoms with van der Waals surface area (Å²) in [5, 5.41) is 13.3. The first kappa shape index (κ1) is 26.9. The molecule has 0 saturated carbocycles. The standard InChI is InChI=1S/C25H30ClN9O3/c1-13(30-20-15(12-27)19(28)32-23(29)33-20)21-31-17-7-5-6-16(26)18(17)22(36)35(21)14-8-10-34(11-9-14)24(37)38-25(2,3)4/h5-7,13-14H,8-11H2,1-4H3,(H5,28,29,30,32,33). The van der Waals surface area contributed by atoms with Crippen molar-refractivity contribution in [2.75, 3.05) is 29.9 Å². The van der Waals surface area contributed by atoms with E-state index in [1.807, 2.05) is 26.8 Å². The highest BCUT2D eigenvalue weighted by Crippen LogP contribution is 2.30. The molecule has 1 saturated heterocycles. The van der Waals surface area contributed by atoms with Crippen molar-refractivity contribution >= 4 is 46.2 Å². The van der Waals surface area contributed by atoms with Crippen LogP contribution in [0.1, 0.15) is 64.0 Å². The van der Waals surface area contributed by atoms with E-state index in [2.05, 4.69) is 15.3 Å². The fraction of sp³-hybridized carbons (Fsp3) is 0.440. The second-order valence-corrected chi connectivity index (χ2v) is 10.6. The molecule has 12 nitrogen and oxygen atoms in total. The number of nitrogens with zero attached hydrogens (tertiary/aromatic N) is 6. The van der Waals surface area contributed by atoms with Crippen molar-refractivity contribution in [3.63, 3.8) is 0 Å². The summed E-state index contributed by atoms with van der Waals surface area (Å²) in [5.41, 5.74) is 11.2. The Morgan fingerprint density at radius 2 is 1.92 bits per heavy atom. The Balaban J connectivity index is 1.73. The third kappa shape index (κ3) is 5.43. The highest BCUT2D eigenvalue weighted by molar-refractivity contribution is 6.35. The van der Waals surface area contributed by atoms with Crippen LogP contribution in [-0.2, 0) is 4.74 Å². The Hall–Kier alpha value is -4.11. The van der Waals surface area contributed by atoms with E-state index in [-0.39, 0.29) is 40.8 Å². The van der Waals surface area contributed by atoms with Gasteiger partial charge in [0, 0.05) is 19.1 Å². The molecule has 0 aliphatic carbocycles. The van der Waals surface area contributed by atoms with E-state index >= 15 is 0 Å². The number of amides is 1. The molecular weight excluding hydrogens is 510 g/mol. The predicted molar refractivity (Wildman–Crippen MR) is 145 cm³/mol. The van der Waals surface area contributed by atoms with E-state index in [0.29, 0.717) is 47.7 Å². The number of aromatic nitrogens is 4. The molecule has 13 heteroatoms. The molecule has 0 spiro atoms. The molecule has 1 aliphatic heterocycles. The fourth-order valence-electron chi connectivity index (χ4n) is 4.49. The molecule has 3 heterocycles. The Bertz CT molecular complexity index is 1480. The number of nitrogens with two attached hydrogens (primary N) is 2. The van der Waals surface area contributed by atoms with Crippen LogP contribution >= 0.6 is 11.6 Å². The molecule has 1 amide bonds. The van der Waals surface area contributed by atoms with Crippen LogP contribution in [0, 0.1) is 11.3 Å². The van der Waals surface area contributed by atoms with Gasteiger partial charge in [0.15, 0.2) is 5.82 Å². The first-order valence-corrected chi connectivity index (χ1v) is 12.6. The van der Waals surface area contributed by atoms with Crippen molar-refractivity contribution < 1.29 is 9.53 Å². The highest BCUT2D eigenvalue weighted by atomic mass is 35.5. The Morgan fingerprint density at radius 1 is 1.24 bits per heavy atom. The summed E-state index contributed by atoms with van der Waals surface area (Å²) in [4.78, 5) is 40.8. The molecule has 0 bridgehead atoms. The number of piperidine rings is 1. The van der Waals surface area contributed by atoms with Crippen molar-refractivity contribution in [3.8, 4) is 6.07 Å². The average Bonchev–Trinajstić information content (AvgIpc) is 2.82. The summed E-state index contributed by atoms with van der Waals surface area (Å²) < 4.78 is 7.13. The minimum Gasteiger partial charge on any atom is -0.444 e. The number of carbonyl (C=O) groups is 1. The Labute approximate surface area is 224 Å². The lowest BCUT2D eigenvalue weighted by atomic mass is 10.0. The monoisotopic (exact) mass is 539 g/mol. The number of nitrogen functional groups attached to an aromatic ring is 2. The summed E-state index contributed by atoms with van der Waals surface area (Å²) in [6.07, 6.45) is 0.627. The molecule has 3 aromatic rings. The molecule has 4 rings (SSSR count). The van der Waals surface area contributed by atoms with Crippen LogP contribution < -0.4 is 22.3 Å². The lowest BCUT2D eigenvalue weighted by Gasteiger charge is -2.35. The number of hydrogen-bond donors (Lipinski definition) is 3. The summed E-state index contributed by atoms with van der Waals surface area (Å²) in [7, 11) is 0. The van der Waals surface area contributed by atoms with Crippen LogP contribution in [-0.4, -0.2) is 49.2 Å². The molecule has 1 aromatic carbocycles. The van der Waals surface area contributed by atoms with Gasteiger partial charge in [0.2, 0.25) is 5.95 Å². The molecular formula is C25H30ClN9O3. The number of benzene rings is 1. The fourth-order valence-corrected chi connectivity index (χ4v) is 4.74. The maximum absolute atomic E-state index is 13.8. The lowest BCUT2D eigenvalue weighted by molar-refractivity contribution is 0.0186. The van der Waals surface area contributed by atoms with Gasteiger partial charge >= 0.3 is 6.09 Å². The summed E-state index contributed by atoms with van der Waals surface area (Å²) in [5.74, 6) is 0.401. The third-order valence-electron chi connectivity index (χ3n) is 6.19. The predicted octanol–water partition coefficient (Wildman–Crippen LogP) is 3.62. The van der Waals surface area contributed by atoms with Crippen LogP contribution in [0.5, 0.6) is 0 Å². The number of fused-ring (bicyclic) bond motifs is 1. The topological polar surface area (TPSA) is 178 Å². The normalized spacial score (nSPS) is 15.2. The van der Waals surface area contributed by atoms with Crippen molar-refractivity contribution in [2.45, 2.75) is 58.2 Å². The van der Waals surface area contributed by atoms with E-state index in [0.717, 1.165) is 0 Å². The number of carbonyl (C=O) groups excluding carboxylic acids is 1. The number of rotatable bonds is 4. The van der Waals surface area contributed by atoms with Gasteiger partial charge in [-0.25, -0.2) is 9.78 Å². The molecule has 0 radical (unpaired) electrons. The zero-order chi connectivity index (χ0) is 27.8. The van der Waals surface area contributed by atoms with Gasteiger partial charge in [-0.3, -0.25) is 9.36 Å². The quantitative estimate of drug-likeness (QED) is 0.443. The van der Waals surface area contributed by atoms with Gasteiger partial charge in [-0.05, 0) is 52.7 Å². The number of ether oxygens (including phenoxy) is 1. The summed E-state index contributed by atoms with van der Waals surface area (Å²) in [6, 6.07) is 6.23. The van der Waals surface area contributed by atoms with Crippen LogP contribution in [0.3, 0.4) is 0 Å². The minimum atomic E-state index is -0.603. The Morgan fingerprint density at radius 3 is 2.55 bits per heavy atom. The van der Waals surface area contributed by atoms with Crippen molar-refractivity contribution in [3.05, 3.63) is 45.0 Å². The maximum atomic E-state index is 13.8. The van der Waals surface area contributed by atoms with E-state index < -0.39 is 11.6 Å². The van der Waals surface area contributed by atoms with Crippen LogP contribution in [0.2, 0.25) is 5.02 Å². The molecule has 1 fully saturated rings. The maximum Gasteiger partial charge on any atom is 0.410 e. The molecule has 38 heavy (non-hydrogen) atoms. The minimum absolute atomic E-state index is 0.0365. The SMILES string of the molecule is CC(Nc1nc(N)nc(N)c1C#N)c1nc2cccc(Cl)c2c(=O)n1C1CCN(C(=O)OC(C)(C)C)CC1. The molecule has 200 valence electrons. The van der Waals surface area contributed by atoms with Crippen molar-refractivity contribution in [2.24, 2.45) is 0 Å². The van der Waals surface area contributed by atoms with Gasteiger partial charge < -0.3 is 26.4 Å². The van der Waals surface area contributed by atoms with E-state index in [1.165, 1.54) is 0 Å². The first-order chi connectivity index (χ1) is 17.9.